The molecule has 0 aromatic rings. The second-order valence-corrected chi connectivity index (χ2v) is 20.6. The van der Waals surface area contributed by atoms with E-state index >= 15 is 0 Å². The summed E-state index contributed by atoms with van der Waals surface area (Å²) in [5.74, 6) is -0.930. The van der Waals surface area contributed by atoms with Gasteiger partial charge in [0, 0.05) is 19.3 Å². The Hall–Kier alpha value is -3.41. The Morgan fingerprint density at radius 3 is 0.877 bits per heavy atom. The van der Waals surface area contributed by atoms with Crippen LogP contribution in [-0.2, 0) is 28.6 Å². The smallest absolute Gasteiger partial charge is 0.306 e. The summed E-state index contributed by atoms with van der Waals surface area (Å²) >= 11 is 0. The van der Waals surface area contributed by atoms with Crippen molar-refractivity contribution in [1.82, 2.24) is 0 Å². The number of esters is 3. The number of hydrogen-bond acceptors (Lipinski definition) is 6. The molecule has 0 aliphatic carbocycles. The van der Waals surface area contributed by atoms with Crippen LogP contribution >= 0.6 is 0 Å². The zero-order valence-electron chi connectivity index (χ0n) is 48.1. The standard InChI is InChI=1S/C67H116O6/c1-4-7-10-13-16-19-22-25-28-30-32-33-35-36-39-42-45-48-51-54-57-60-66(69)72-63-64(62-71-65(68)59-56-53-50-47-44-41-38-27-24-21-18-15-12-9-6-3)73-67(70)61-58-55-52-49-46-43-40-37-34-31-29-26-23-20-17-14-11-8-5-2/h9,12,17-18,20-21,26-27,29,34,37-38,43,46,64H,4-8,10-11,13-16,19,22-25,28,30-33,35-36,39-42,44-45,47-63H2,1-3H3/b12-9-,20-17-,21-18-,29-26-,37-34-,38-27-,46-43-/t64-/m1/s1. The van der Waals surface area contributed by atoms with Crippen LogP contribution in [-0.4, -0.2) is 37.2 Å². The van der Waals surface area contributed by atoms with Gasteiger partial charge in [-0.3, -0.25) is 14.4 Å². The zero-order chi connectivity index (χ0) is 52.9. The first-order valence-corrected chi connectivity index (χ1v) is 31.1. The SMILES string of the molecule is CC/C=C\C/C=C\C/C=C\CCCCCCCC(=O)OC[C@H](COC(=O)CCCCCCCCCCCCCCCCCCCCCCC)OC(=O)CCCCC/C=C\C/C=C\C/C=C\C/C=C\CCCCC. The molecule has 0 fully saturated rings. The molecule has 1 atom stereocenters. The lowest BCUT2D eigenvalue weighted by molar-refractivity contribution is -0.167. The van der Waals surface area contributed by atoms with Crippen LogP contribution in [0.25, 0.3) is 0 Å². The van der Waals surface area contributed by atoms with Gasteiger partial charge in [-0.05, 0) is 96.3 Å². The Kier molecular flexibility index (Phi) is 58.3. The van der Waals surface area contributed by atoms with Gasteiger partial charge >= 0.3 is 17.9 Å². The van der Waals surface area contributed by atoms with E-state index in [1.54, 1.807) is 0 Å². The molecule has 0 radical (unpaired) electrons. The molecule has 6 heteroatoms. The molecule has 0 heterocycles. The van der Waals surface area contributed by atoms with Crippen molar-refractivity contribution in [2.75, 3.05) is 13.2 Å². The summed E-state index contributed by atoms with van der Waals surface area (Å²) < 4.78 is 16.9. The molecule has 420 valence electrons. The van der Waals surface area contributed by atoms with Crippen LogP contribution in [0.1, 0.15) is 303 Å². The van der Waals surface area contributed by atoms with Crippen LogP contribution < -0.4 is 0 Å². The molecule has 0 N–H and O–H groups in total. The lowest BCUT2D eigenvalue weighted by Crippen LogP contribution is -2.30. The van der Waals surface area contributed by atoms with Crippen molar-refractivity contribution in [3.05, 3.63) is 85.1 Å². The van der Waals surface area contributed by atoms with E-state index in [9.17, 15) is 14.4 Å². The number of rotatable bonds is 56. The summed E-state index contributed by atoms with van der Waals surface area (Å²) in [6, 6.07) is 0. The lowest BCUT2D eigenvalue weighted by atomic mass is 10.0. The first-order chi connectivity index (χ1) is 36.0. The lowest BCUT2D eigenvalue weighted by Gasteiger charge is -2.18. The highest BCUT2D eigenvalue weighted by Crippen LogP contribution is 2.17. The van der Waals surface area contributed by atoms with Crippen molar-refractivity contribution < 1.29 is 28.6 Å². The molecule has 0 aromatic heterocycles. The van der Waals surface area contributed by atoms with Gasteiger partial charge in [0.1, 0.15) is 13.2 Å². The fourth-order valence-electron chi connectivity index (χ4n) is 8.74. The maximum Gasteiger partial charge on any atom is 0.306 e. The van der Waals surface area contributed by atoms with E-state index in [1.807, 2.05) is 0 Å². The van der Waals surface area contributed by atoms with E-state index in [0.717, 1.165) is 122 Å². The molecule has 0 saturated heterocycles. The fourth-order valence-corrected chi connectivity index (χ4v) is 8.74. The fraction of sp³-hybridized carbons (Fsp3) is 0.746. The number of ether oxygens (including phenoxy) is 3. The third-order valence-electron chi connectivity index (χ3n) is 13.4. The van der Waals surface area contributed by atoms with E-state index in [0.29, 0.717) is 12.8 Å². The Morgan fingerprint density at radius 1 is 0.288 bits per heavy atom. The molecule has 6 nitrogen and oxygen atoms in total. The highest BCUT2D eigenvalue weighted by molar-refractivity contribution is 5.71. The zero-order valence-corrected chi connectivity index (χ0v) is 48.1. The Labute approximate surface area is 452 Å². The van der Waals surface area contributed by atoms with Crippen molar-refractivity contribution in [3.63, 3.8) is 0 Å². The minimum absolute atomic E-state index is 0.0930. The molecule has 0 saturated carbocycles. The molecule has 0 amide bonds. The van der Waals surface area contributed by atoms with Gasteiger partial charge in [-0.25, -0.2) is 0 Å². The summed E-state index contributed by atoms with van der Waals surface area (Å²) in [4.78, 5) is 38.3. The van der Waals surface area contributed by atoms with Crippen molar-refractivity contribution in [3.8, 4) is 0 Å². The van der Waals surface area contributed by atoms with E-state index < -0.39 is 6.10 Å². The number of hydrogen-bond donors (Lipinski definition) is 0. The Balaban J connectivity index is 4.41. The summed E-state index contributed by atoms with van der Waals surface area (Å²) in [6.45, 7) is 6.49. The molecule has 0 spiro atoms. The Bertz CT molecular complexity index is 1400. The highest BCUT2D eigenvalue weighted by Gasteiger charge is 2.19. The van der Waals surface area contributed by atoms with Crippen LogP contribution in [0.2, 0.25) is 0 Å². The first kappa shape index (κ1) is 69.6. The normalized spacial score (nSPS) is 12.6. The van der Waals surface area contributed by atoms with Crippen LogP contribution in [0.5, 0.6) is 0 Å². The second-order valence-electron chi connectivity index (χ2n) is 20.6. The minimum Gasteiger partial charge on any atom is -0.462 e. The second kappa shape index (κ2) is 61.1. The van der Waals surface area contributed by atoms with Gasteiger partial charge in [-0.15, -0.1) is 0 Å². The summed E-state index contributed by atoms with van der Waals surface area (Å²) in [7, 11) is 0. The largest absolute Gasteiger partial charge is 0.462 e. The van der Waals surface area contributed by atoms with E-state index in [2.05, 4.69) is 106 Å². The van der Waals surface area contributed by atoms with Gasteiger partial charge < -0.3 is 14.2 Å². The van der Waals surface area contributed by atoms with Crippen molar-refractivity contribution in [2.24, 2.45) is 0 Å². The average Bonchev–Trinajstić information content (AvgIpc) is 3.39. The van der Waals surface area contributed by atoms with Crippen LogP contribution in [0.15, 0.2) is 85.1 Å². The van der Waals surface area contributed by atoms with Gasteiger partial charge in [0.25, 0.3) is 0 Å². The van der Waals surface area contributed by atoms with E-state index in [4.69, 9.17) is 14.2 Å². The molecule has 0 aliphatic heterocycles. The molecule has 0 bridgehead atoms. The number of allylic oxidation sites excluding steroid dienone is 14. The predicted octanol–water partition coefficient (Wildman–Crippen LogP) is 21.1. The summed E-state index contributed by atoms with van der Waals surface area (Å²) in [5, 5.41) is 0. The molecule has 0 aliphatic rings. The van der Waals surface area contributed by atoms with Gasteiger partial charge in [0.15, 0.2) is 6.10 Å². The van der Waals surface area contributed by atoms with Crippen molar-refractivity contribution in [1.29, 1.82) is 0 Å². The molecule has 0 rings (SSSR count). The van der Waals surface area contributed by atoms with Gasteiger partial charge in [-0.1, -0.05) is 273 Å². The van der Waals surface area contributed by atoms with Gasteiger partial charge in [-0.2, -0.15) is 0 Å². The van der Waals surface area contributed by atoms with Gasteiger partial charge in [0.05, 0.1) is 0 Å². The van der Waals surface area contributed by atoms with Crippen molar-refractivity contribution >= 4 is 17.9 Å². The quantitative estimate of drug-likeness (QED) is 0.0261. The highest BCUT2D eigenvalue weighted by atomic mass is 16.6. The molecular weight excluding hydrogens is 901 g/mol. The monoisotopic (exact) mass is 1020 g/mol. The Morgan fingerprint density at radius 2 is 0.534 bits per heavy atom. The van der Waals surface area contributed by atoms with Gasteiger partial charge in [0.2, 0.25) is 0 Å². The van der Waals surface area contributed by atoms with Crippen LogP contribution in [0, 0.1) is 0 Å². The van der Waals surface area contributed by atoms with Crippen molar-refractivity contribution in [2.45, 2.75) is 309 Å². The predicted molar refractivity (Wildman–Crippen MR) is 316 cm³/mol. The molecule has 73 heavy (non-hydrogen) atoms. The first-order valence-electron chi connectivity index (χ1n) is 31.1. The number of carbonyl (C=O) groups excluding carboxylic acids is 3. The topological polar surface area (TPSA) is 78.9 Å². The summed E-state index contributed by atoms with van der Waals surface area (Å²) in [5.41, 5.74) is 0. The number of carbonyl (C=O) groups is 3. The van der Waals surface area contributed by atoms with E-state index in [1.165, 1.54) is 141 Å². The minimum atomic E-state index is -0.801. The number of unbranched alkanes of at least 4 members (excludes halogenated alkanes) is 31. The summed E-state index contributed by atoms with van der Waals surface area (Å²) in [6.07, 6.45) is 80.1. The third kappa shape index (κ3) is 59.3. The third-order valence-corrected chi connectivity index (χ3v) is 13.4. The van der Waals surface area contributed by atoms with E-state index in [-0.39, 0.29) is 37.5 Å². The molecular formula is C67H116O6. The molecule has 0 unspecified atom stereocenters. The average molecular weight is 1020 g/mol. The maximum atomic E-state index is 12.9. The van der Waals surface area contributed by atoms with Crippen LogP contribution in [0.3, 0.4) is 0 Å². The van der Waals surface area contributed by atoms with Crippen LogP contribution in [0.4, 0.5) is 0 Å². The maximum absolute atomic E-state index is 12.9. The molecule has 0 aromatic carbocycles.